The van der Waals surface area contributed by atoms with Crippen LogP contribution in [0, 0.1) is 6.92 Å². The van der Waals surface area contributed by atoms with Crippen molar-refractivity contribution in [3.8, 4) is 23.0 Å². The second-order valence-electron chi connectivity index (χ2n) is 5.60. The Kier molecular flexibility index (Phi) is 4.87. The van der Waals surface area contributed by atoms with Gasteiger partial charge in [0.05, 0.1) is 12.1 Å². The first-order valence-corrected chi connectivity index (χ1v) is 7.90. The van der Waals surface area contributed by atoms with Crippen LogP contribution in [0.5, 0.6) is 11.5 Å². The Hall–Kier alpha value is -3.03. The van der Waals surface area contributed by atoms with Crippen LogP contribution >= 0.6 is 0 Å². The fraction of sp³-hybridized carbons (Fsp3) is 0.353. The van der Waals surface area contributed by atoms with E-state index in [1.807, 2.05) is 6.07 Å². The molecule has 2 amide bonds. The van der Waals surface area contributed by atoms with E-state index in [2.05, 4.69) is 15.6 Å². The zero-order valence-electron chi connectivity index (χ0n) is 14.0. The number of oxazole rings is 1. The lowest BCUT2D eigenvalue weighted by molar-refractivity contribution is -0.121. The van der Waals surface area contributed by atoms with Crippen molar-refractivity contribution < 1.29 is 23.5 Å². The molecule has 1 aromatic carbocycles. The third-order valence-electron chi connectivity index (χ3n) is 3.66. The molecule has 1 aliphatic rings. The van der Waals surface area contributed by atoms with Gasteiger partial charge in [-0.05, 0) is 25.1 Å². The van der Waals surface area contributed by atoms with Crippen molar-refractivity contribution in [1.29, 1.82) is 0 Å². The molecule has 0 fully saturated rings. The molecule has 0 saturated carbocycles. The molecular weight excluding hydrogens is 326 g/mol. The highest BCUT2D eigenvalue weighted by Crippen LogP contribution is 2.36. The van der Waals surface area contributed by atoms with E-state index in [4.69, 9.17) is 13.9 Å². The van der Waals surface area contributed by atoms with Gasteiger partial charge in [-0.3, -0.25) is 9.59 Å². The molecule has 25 heavy (non-hydrogen) atoms. The van der Waals surface area contributed by atoms with Crippen molar-refractivity contribution in [2.45, 2.75) is 20.3 Å². The molecule has 2 heterocycles. The molecule has 0 atom stereocenters. The number of hydrogen-bond acceptors (Lipinski definition) is 6. The Labute approximate surface area is 144 Å². The number of amides is 2. The number of benzene rings is 1. The quantitative estimate of drug-likeness (QED) is 0.762. The second kappa shape index (κ2) is 7.25. The zero-order chi connectivity index (χ0) is 17.8. The molecule has 8 nitrogen and oxygen atoms in total. The summed E-state index contributed by atoms with van der Waals surface area (Å²) in [5.74, 6) is 2.03. The van der Waals surface area contributed by atoms with Crippen molar-refractivity contribution >= 4 is 11.8 Å². The molecule has 0 aliphatic carbocycles. The average Bonchev–Trinajstić information content (AvgIpc) is 3.17. The Bertz CT molecular complexity index is 800. The summed E-state index contributed by atoms with van der Waals surface area (Å²) in [6.07, 6.45) is 0.111. The van der Waals surface area contributed by atoms with Crippen molar-refractivity contribution in [1.82, 2.24) is 15.6 Å². The third-order valence-corrected chi connectivity index (χ3v) is 3.66. The molecule has 1 aliphatic heterocycles. The van der Waals surface area contributed by atoms with Crippen molar-refractivity contribution in [2.24, 2.45) is 0 Å². The molecule has 0 saturated heterocycles. The molecule has 0 radical (unpaired) electrons. The maximum absolute atomic E-state index is 12.0. The molecule has 132 valence electrons. The first-order chi connectivity index (χ1) is 12.0. The molecule has 8 heteroatoms. The summed E-state index contributed by atoms with van der Waals surface area (Å²) in [6, 6.07) is 5.42. The lowest BCUT2D eigenvalue weighted by Gasteiger charge is -2.04. The van der Waals surface area contributed by atoms with Gasteiger partial charge in [0.1, 0.15) is 5.76 Å². The average molecular weight is 345 g/mol. The molecule has 2 N–H and O–H groups in total. The highest BCUT2D eigenvalue weighted by atomic mass is 16.7. The Morgan fingerprint density at radius 3 is 2.72 bits per heavy atom. The van der Waals surface area contributed by atoms with E-state index in [9.17, 15) is 9.59 Å². The van der Waals surface area contributed by atoms with E-state index in [1.54, 1.807) is 19.1 Å². The highest BCUT2D eigenvalue weighted by molar-refractivity contribution is 5.78. The standard InChI is InChI=1S/C17H19N3O5/c1-10-13(8-16(22)19-6-5-18-11(2)21)20-17(25-10)12-3-4-14-15(7-12)24-9-23-14/h3-4,7H,5-6,8-9H2,1-2H3,(H,18,21)(H,19,22). The Balaban J connectivity index is 1.62. The lowest BCUT2D eigenvalue weighted by atomic mass is 10.2. The molecule has 2 aromatic rings. The minimum Gasteiger partial charge on any atom is -0.454 e. The summed E-state index contributed by atoms with van der Waals surface area (Å²) >= 11 is 0. The van der Waals surface area contributed by atoms with Crippen LogP contribution < -0.4 is 20.1 Å². The van der Waals surface area contributed by atoms with Gasteiger partial charge >= 0.3 is 0 Å². The van der Waals surface area contributed by atoms with Crippen LogP contribution in [0.2, 0.25) is 0 Å². The maximum atomic E-state index is 12.0. The summed E-state index contributed by atoms with van der Waals surface area (Å²) in [6.45, 7) is 4.15. The van der Waals surface area contributed by atoms with Gasteiger partial charge in [0.2, 0.25) is 24.5 Å². The van der Waals surface area contributed by atoms with Gasteiger partial charge in [-0.25, -0.2) is 4.98 Å². The van der Waals surface area contributed by atoms with Crippen molar-refractivity contribution in [3.63, 3.8) is 0 Å². The third kappa shape index (κ3) is 4.09. The number of carbonyl (C=O) groups excluding carboxylic acids is 2. The summed E-state index contributed by atoms with van der Waals surface area (Å²) in [7, 11) is 0. The van der Waals surface area contributed by atoms with E-state index in [0.717, 1.165) is 5.56 Å². The number of carbonyl (C=O) groups is 2. The smallest absolute Gasteiger partial charge is 0.231 e. The van der Waals surface area contributed by atoms with E-state index in [1.165, 1.54) is 6.92 Å². The van der Waals surface area contributed by atoms with Crippen molar-refractivity contribution in [3.05, 3.63) is 29.7 Å². The molecule has 0 unspecified atom stereocenters. The molecule has 1 aromatic heterocycles. The van der Waals surface area contributed by atoms with Crippen LogP contribution in [-0.2, 0) is 16.0 Å². The molecular formula is C17H19N3O5. The number of fused-ring (bicyclic) bond motifs is 1. The summed E-state index contributed by atoms with van der Waals surface area (Å²) in [4.78, 5) is 27.1. The van der Waals surface area contributed by atoms with E-state index in [-0.39, 0.29) is 25.0 Å². The molecule has 0 bridgehead atoms. The van der Waals surface area contributed by atoms with Gasteiger partial charge in [-0.1, -0.05) is 0 Å². The fourth-order valence-electron chi connectivity index (χ4n) is 2.40. The monoisotopic (exact) mass is 345 g/mol. The number of ether oxygens (including phenoxy) is 2. The van der Waals surface area contributed by atoms with Crippen LogP contribution in [0.3, 0.4) is 0 Å². The zero-order valence-corrected chi connectivity index (χ0v) is 14.0. The van der Waals surface area contributed by atoms with Crippen molar-refractivity contribution in [2.75, 3.05) is 19.9 Å². The fourth-order valence-corrected chi connectivity index (χ4v) is 2.40. The van der Waals surface area contributed by atoms with Gasteiger partial charge in [0, 0.05) is 25.6 Å². The largest absolute Gasteiger partial charge is 0.454 e. The van der Waals surface area contributed by atoms with E-state index < -0.39 is 0 Å². The highest BCUT2D eigenvalue weighted by Gasteiger charge is 2.18. The normalized spacial score (nSPS) is 12.1. The number of nitrogens with zero attached hydrogens (tertiary/aromatic N) is 1. The second-order valence-corrected chi connectivity index (χ2v) is 5.60. The van der Waals surface area contributed by atoms with E-state index >= 15 is 0 Å². The van der Waals surface area contributed by atoms with Gasteiger partial charge in [0.25, 0.3) is 0 Å². The summed E-state index contributed by atoms with van der Waals surface area (Å²) in [5.41, 5.74) is 1.33. The van der Waals surface area contributed by atoms with Crippen LogP contribution in [-0.4, -0.2) is 36.7 Å². The number of aromatic nitrogens is 1. The van der Waals surface area contributed by atoms with Crippen LogP contribution in [0.25, 0.3) is 11.5 Å². The van der Waals surface area contributed by atoms with Crippen LogP contribution in [0.1, 0.15) is 18.4 Å². The lowest BCUT2D eigenvalue weighted by Crippen LogP contribution is -2.34. The Morgan fingerprint density at radius 2 is 1.92 bits per heavy atom. The number of aryl methyl sites for hydroxylation is 1. The topological polar surface area (TPSA) is 103 Å². The molecule has 3 rings (SSSR count). The van der Waals surface area contributed by atoms with Gasteiger partial charge in [-0.2, -0.15) is 0 Å². The minimum atomic E-state index is -0.181. The van der Waals surface area contributed by atoms with Crippen LogP contribution in [0.4, 0.5) is 0 Å². The van der Waals surface area contributed by atoms with Crippen LogP contribution in [0.15, 0.2) is 22.6 Å². The molecule has 0 spiro atoms. The van der Waals surface area contributed by atoms with Gasteiger partial charge < -0.3 is 24.5 Å². The van der Waals surface area contributed by atoms with Gasteiger partial charge in [-0.15, -0.1) is 0 Å². The predicted molar refractivity (Wildman–Crippen MR) is 88.2 cm³/mol. The van der Waals surface area contributed by atoms with E-state index in [0.29, 0.717) is 41.9 Å². The SMILES string of the molecule is CC(=O)NCCNC(=O)Cc1nc(-c2ccc3c(c2)OCO3)oc1C. The first kappa shape index (κ1) is 16.8. The first-order valence-electron chi connectivity index (χ1n) is 7.90. The summed E-state index contributed by atoms with van der Waals surface area (Å²) in [5, 5.41) is 5.34. The number of rotatable bonds is 6. The number of nitrogens with one attached hydrogen (secondary N) is 2. The minimum absolute atomic E-state index is 0.111. The maximum Gasteiger partial charge on any atom is 0.231 e. The van der Waals surface area contributed by atoms with Gasteiger partial charge in [0.15, 0.2) is 11.5 Å². The predicted octanol–water partition coefficient (Wildman–Crippen LogP) is 1.17. The Morgan fingerprint density at radius 1 is 1.16 bits per heavy atom. The number of hydrogen-bond donors (Lipinski definition) is 2. The summed E-state index contributed by atoms with van der Waals surface area (Å²) < 4.78 is 16.3.